The Morgan fingerprint density at radius 2 is 1.55 bits per heavy atom. The first-order valence-corrected chi connectivity index (χ1v) is 6.73. The topological polar surface area (TPSA) is 38.7 Å². The molecule has 0 spiro atoms. The number of rotatable bonds is 6. The van der Waals surface area contributed by atoms with Gasteiger partial charge in [0.05, 0.1) is 19.8 Å². The van der Waals surface area contributed by atoms with Crippen molar-refractivity contribution >= 4 is 0 Å². The minimum absolute atomic E-state index is 0.441. The van der Waals surface area contributed by atoms with Crippen LogP contribution >= 0.6 is 0 Å². The van der Waals surface area contributed by atoms with E-state index in [2.05, 4.69) is 0 Å². The SMILES string of the molecule is COc1ccc(CCOc2ccc([C@@H](C)O)cc2)cc1. The van der Waals surface area contributed by atoms with Crippen molar-refractivity contribution in [1.29, 1.82) is 0 Å². The lowest BCUT2D eigenvalue weighted by molar-refractivity contribution is 0.199. The highest BCUT2D eigenvalue weighted by molar-refractivity contribution is 5.29. The largest absolute Gasteiger partial charge is 0.497 e. The number of hydrogen-bond acceptors (Lipinski definition) is 3. The van der Waals surface area contributed by atoms with Gasteiger partial charge in [-0.1, -0.05) is 24.3 Å². The van der Waals surface area contributed by atoms with Gasteiger partial charge >= 0.3 is 0 Å². The minimum atomic E-state index is -0.441. The van der Waals surface area contributed by atoms with Crippen LogP contribution in [0.15, 0.2) is 48.5 Å². The number of hydrogen-bond donors (Lipinski definition) is 1. The van der Waals surface area contributed by atoms with Crippen molar-refractivity contribution in [3.8, 4) is 11.5 Å². The average Bonchev–Trinajstić information content (AvgIpc) is 2.48. The van der Waals surface area contributed by atoms with Crippen LogP contribution in [0.2, 0.25) is 0 Å². The molecule has 20 heavy (non-hydrogen) atoms. The second-order valence-electron chi connectivity index (χ2n) is 4.69. The Balaban J connectivity index is 1.82. The number of methoxy groups -OCH3 is 1. The average molecular weight is 272 g/mol. The molecule has 0 amide bonds. The highest BCUT2D eigenvalue weighted by Gasteiger charge is 2.01. The molecule has 106 valence electrons. The summed E-state index contributed by atoms with van der Waals surface area (Å²) in [6, 6.07) is 15.5. The number of aliphatic hydroxyl groups is 1. The fourth-order valence-electron chi connectivity index (χ4n) is 1.92. The van der Waals surface area contributed by atoms with Crippen molar-refractivity contribution in [2.45, 2.75) is 19.4 Å². The molecule has 0 unspecified atom stereocenters. The van der Waals surface area contributed by atoms with E-state index in [1.165, 1.54) is 5.56 Å². The van der Waals surface area contributed by atoms with E-state index in [1.54, 1.807) is 14.0 Å². The smallest absolute Gasteiger partial charge is 0.119 e. The van der Waals surface area contributed by atoms with Crippen molar-refractivity contribution < 1.29 is 14.6 Å². The van der Waals surface area contributed by atoms with Gasteiger partial charge < -0.3 is 14.6 Å². The molecule has 0 radical (unpaired) electrons. The van der Waals surface area contributed by atoms with E-state index in [0.717, 1.165) is 23.5 Å². The van der Waals surface area contributed by atoms with Gasteiger partial charge in [-0.2, -0.15) is 0 Å². The van der Waals surface area contributed by atoms with Crippen LogP contribution in [-0.2, 0) is 6.42 Å². The van der Waals surface area contributed by atoms with E-state index in [4.69, 9.17) is 9.47 Å². The Hall–Kier alpha value is -2.00. The Morgan fingerprint density at radius 3 is 2.10 bits per heavy atom. The zero-order valence-corrected chi connectivity index (χ0v) is 11.9. The standard InChI is InChI=1S/C17H20O3/c1-13(18)15-5-9-17(10-6-15)20-12-11-14-3-7-16(19-2)8-4-14/h3-10,13,18H,11-12H2,1-2H3/t13-/m1/s1. The molecule has 0 saturated heterocycles. The Bertz CT molecular complexity index is 515. The Labute approximate surface area is 119 Å². The molecule has 3 nitrogen and oxygen atoms in total. The van der Waals surface area contributed by atoms with Gasteiger partial charge in [0.1, 0.15) is 11.5 Å². The zero-order chi connectivity index (χ0) is 14.4. The summed E-state index contributed by atoms with van der Waals surface area (Å²) in [7, 11) is 1.66. The van der Waals surface area contributed by atoms with Crippen LogP contribution in [0, 0.1) is 0 Å². The monoisotopic (exact) mass is 272 g/mol. The van der Waals surface area contributed by atoms with Crippen LogP contribution in [-0.4, -0.2) is 18.8 Å². The van der Waals surface area contributed by atoms with Gasteiger partial charge in [-0.05, 0) is 42.3 Å². The van der Waals surface area contributed by atoms with Gasteiger partial charge in [-0.15, -0.1) is 0 Å². The Morgan fingerprint density at radius 1 is 0.950 bits per heavy atom. The molecule has 0 heterocycles. The summed E-state index contributed by atoms with van der Waals surface area (Å²) in [5, 5.41) is 9.43. The molecule has 2 aromatic rings. The molecule has 0 fully saturated rings. The van der Waals surface area contributed by atoms with Crippen LogP contribution in [0.1, 0.15) is 24.2 Å². The molecule has 0 aliphatic heterocycles. The fraction of sp³-hybridized carbons (Fsp3) is 0.294. The highest BCUT2D eigenvalue weighted by atomic mass is 16.5. The lowest BCUT2D eigenvalue weighted by Gasteiger charge is -2.09. The van der Waals surface area contributed by atoms with Crippen molar-refractivity contribution in [3.63, 3.8) is 0 Å². The minimum Gasteiger partial charge on any atom is -0.497 e. The first-order valence-electron chi connectivity index (χ1n) is 6.73. The van der Waals surface area contributed by atoms with Crippen LogP contribution in [0.5, 0.6) is 11.5 Å². The number of benzene rings is 2. The van der Waals surface area contributed by atoms with Gasteiger partial charge in [-0.25, -0.2) is 0 Å². The molecule has 0 bridgehead atoms. The van der Waals surface area contributed by atoms with Crippen molar-refractivity contribution in [1.82, 2.24) is 0 Å². The lowest BCUT2D eigenvalue weighted by Crippen LogP contribution is -2.01. The summed E-state index contributed by atoms with van der Waals surface area (Å²) in [5.41, 5.74) is 2.11. The van der Waals surface area contributed by atoms with E-state index < -0.39 is 6.10 Å². The third kappa shape index (κ3) is 4.00. The van der Waals surface area contributed by atoms with Crippen molar-refractivity contribution in [3.05, 3.63) is 59.7 Å². The molecular weight excluding hydrogens is 252 g/mol. The Kier molecular flexibility index (Phi) is 5.02. The highest BCUT2D eigenvalue weighted by Crippen LogP contribution is 2.18. The zero-order valence-electron chi connectivity index (χ0n) is 11.9. The van der Waals surface area contributed by atoms with Crippen LogP contribution in [0.4, 0.5) is 0 Å². The fourth-order valence-corrected chi connectivity index (χ4v) is 1.92. The van der Waals surface area contributed by atoms with Gasteiger partial charge in [0.2, 0.25) is 0 Å². The summed E-state index contributed by atoms with van der Waals surface area (Å²) < 4.78 is 10.8. The summed E-state index contributed by atoms with van der Waals surface area (Å²) in [6.45, 7) is 2.37. The maximum Gasteiger partial charge on any atom is 0.119 e. The molecule has 1 N–H and O–H groups in total. The van der Waals surface area contributed by atoms with E-state index in [9.17, 15) is 5.11 Å². The second kappa shape index (κ2) is 6.96. The molecule has 0 saturated carbocycles. The number of aliphatic hydroxyl groups excluding tert-OH is 1. The van der Waals surface area contributed by atoms with Crippen LogP contribution < -0.4 is 9.47 Å². The summed E-state index contributed by atoms with van der Waals surface area (Å²) in [5.74, 6) is 1.69. The molecule has 1 atom stereocenters. The van der Waals surface area contributed by atoms with Crippen LogP contribution in [0.25, 0.3) is 0 Å². The molecule has 2 rings (SSSR count). The second-order valence-corrected chi connectivity index (χ2v) is 4.69. The van der Waals surface area contributed by atoms with E-state index in [1.807, 2.05) is 48.5 Å². The first-order chi connectivity index (χ1) is 9.69. The first kappa shape index (κ1) is 14.4. The lowest BCUT2D eigenvalue weighted by atomic mass is 10.1. The van der Waals surface area contributed by atoms with Gasteiger partial charge in [0, 0.05) is 6.42 Å². The molecule has 3 heteroatoms. The summed E-state index contributed by atoms with van der Waals surface area (Å²) >= 11 is 0. The summed E-state index contributed by atoms with van der Waals surface area (Å²) in [4.78, 5) is 0. The van der Waals surface area contributed by atoms with E-state index in [-0.39, 0.29) is 0 Å². The van der Waals surface area contributed by atoms with Gasteiger partial charge in [0.15, 0.2) is 0 Å². The molecule has 0 aromatic heterocycles. The third-order valence-electron chi connectivity index (χ3n) is 3.18. The maximum atomic E-state index is 9.43. The summed E-state index contributed by atoms with van der Waals surface area (Å²) in [6.07, 6.45) is 0.408. The van der Waals surface area contributed by atoms with Crippen LogP contribution in [0.3, 0.4) is 0 Å². The van der Waals surface area contributed by atoms with Gasteiger partial charge in [-0.3, -0.25) is 0 Å². The van der Waals surface area contributed by atoms with E-state index in [0.29, 0.717) is 6.61 Å². The number of ether oxygens (including phenoxy) is 2. The molecule has 2 aromatic carbocycles. The van der Waals surface area contributed by atoms with Crippen molar-refractivity contribution in [2.75, 3.05) is 13.7 Å². The van der Waals surface area contributed by atoms with E-state index >= 15 is 0 Å². The quantitative estimate of drug-likeness (QED) is 0.876. The maximum absolute atomic E-state index is 9.43. The predicted octanol–water partition coefficient (Wildman–Crippen LogP) is 3.37. The molecular formula is C17H20O3. The predicted molar refractivity (Wildman–Crippen MR) is 79.3 cm³/mol. The van der Waals surface area contributed by atoms with Gasteiger partial charge in [0.25, 0.3) is 0 Å². The molecule has 0 aliphatic carbocycles. The van der Waals surface area contributed by atoms with Crippen molar-refractivity contribution in [2.24, 2.45) is 0 Å². The normalized spacial score (nSPS) is 11.9. The molecule has 0 aliphatic rings. The third-order valence-corrected chi connectivity index (χ3v) is 3.18.